The van der Waals surface area contributed by atoms with E-state index in [-0.39, 0.29) is 0 Å². The number of anilines is 2. The Morgan fingerprint density at radius 2 is 1.54 bits per heavy atom. The largest absolute Gasteiger partial charge is 0.368 e. The van der Waals surface area contributed by atoms with Crippen molar-refractivity contribution in [3.8, 4) is 0 Å². The highest BCUT2D eigenvalue weighted by molar-refractivity contribution is 5.66. The molecule has 0 aliphatic carbocycles. The minimum Gasteiger partial charge on any atom is -0.368 e. The average molecular weight is 347 g/mol. The van der Waals surface area contributed by atoms with E-state index >= 15 is 0 Å². The van der Waals surface area contributed by atoms with Crippen molar-refractivity contribution in [2.24, 2.45) is 5.92 Å². The minimum absolute atomic E-state index is 0.547. The summed E-state index contributed by atoms with van der Waals surface area (Å²) in [6.07, 6.45) is 4.04. The highest BCUT2D eigenvalue weighted by atomic mass is 15.3. The zero-order chi connectivity index (χ0) is 18.0. The Morgan fingerprint density at radius 1 is 0.769 bits per heavy atom. The molecule has 26 heavy (non-hydrogen) atoms. The molecule has 2 fully saturated rings. The maximum absolute atomic E-state index is 2.74. The van der Waals surface area contributed by atoms with Crippen LogP contribution in [0.2, 0.25) is 0 Å². The number of benzene rings is 2. The molecule has 1 unspecified atom stereocenters. The molecule has 0 aromatic heterocycles. The fraction of sp³-hybridized carbons (Fsp3) is 0.500. The Balaban J connectivity index is 1.65. The maximum Gasteiger partial charge on any atom is 0.0611 e. The Hall–Kier alpha value is -1.96. The van der Waals surface area contributed by atoms with Crippen molar-refractivity contribution >= 4 is 11.4 Å². The van der Waals surface area contributed by atoms with E-state index < -0.39 is 0 Å². The Bertz CT molecular complexity index is 869. The summed E-state index contributed by atoms with van der Waals surface area (Å²) in [6, 6.07) is 13.3. The van der Waals surface area contributed by atoms with Gasteiger partial charge in [0, 0.05) is 36.4 Å². The summed E-state index contributed by atoms with van der Waals surface area (Å²) in [7, 11) is 0. The topological polar surface area (TPSA) is 6.48 Å². The van der Waals surface area contributed by atoms with Crippen molar-refractivity contribution in [2.45, 2.75) is 59.0 Å². The summed E-state index contributed by atoms with van der Waals surface area (Å²) < 4.78 is 0. The fourth-order valence-corrected chi connectivity index (χ4v) is 5.66. The van der Waals surface area contributed by atoms with Gasteiger partial charge in [0.05, 0.1) is 6.04 Å². The molecule has 3 aliphatic rings. The molecule has 2 aromatic carbocycles. The molecule has 3 aliphatic heterocycles. The van der Waals surface area contributed by atoms with E-state index in [0.29, 0.717) is 6.04 Å². The van der Waals surface area contributed by atoms with E-state index in [2.05, 4.69) is 67.8 Å². The smallest absolute Gasteiger partial charge is 0.0611 e. The van der Waals surface area contributed by atoms with Crippen LogP contribution < -0.4 is 9.80 Å². The summed E-state index contributed by atoms with van der Waals surface area (Å²) >= 11 is 0. The first-order valence-electron chi connectivity index (χ1n) is 10.3. The van der Waals surface area contributed by atoms with Crippen LogP contribution in [0.3, 0.4) is 0 Å². The summed E-state index contributed by atoms with van der Waals surface area (Å²) in [6.45, 7) is 11.4. The number of rotatable bonds is 1. The monoisotopic (exact) mass is 346 g/mol. The quantitative estimate of drug-likeness (QED) is 0.675. The third-order valence-corrected chi connectivity index (χ3v) is 7.33. The molecule has 0 radical (unpaired) electrons. The molecule has 2 heteroatoms. The zero-order valence-electron chi connectivity index (χ0n) is 16.5. The van der Waals surface area contributed by atoms with Crippen LogP contribution in [0.15, 0.2) is 30.3 Å². The Kier molecular flexibility index (Phi) is 3.60. The van der Waals surface area contributed by atoms with Gasteiger partial charge in [0.2, 0.25) is 0 Å². The van der Waals surface area contributed by atoms with Crippen LogP contribution >= 0.6 is 0 Å². The molecule has 2 nitrogen and oxygen atoms in total. The summed E-state index contributed by atoms with van der Waals surface area (Å²) in [4.78, 5) is 5.45. The van der Waals surface area contributed by atoms with Crippen LogP contribution in [0.25, 0.3) is 0 Å². The van der Waals surface area contributed by atoms with Gasteiger partial charge in [-0.15, -0.1) is 0 Å². The predicted molar refractivity (Wildman–Crippen MR) is 110 cm³/mol. The SMILES string of the molecule is Cc1ccc(N2CC[C@@H]3C4CCCN4c4cc(C)c(C)cc4[C@@H]32)cc1C. The summed E-state index contributed by atoms with van der Waals surface area (Å²) in [5, 5.41) is 0. The molecule has 3 heterocycles. The third-order valence-electron chi connectivity index (χ3n) is 7.33. The van der Waals surface area contributed by atoms with Crippen LogP contribution in [-0.2, 0) is 0 Å². The lowest BCUT2D eigenvalue weighted by Crippen LogP contribution is -2.44. The normalized spacial score (nSPS) is 26.7. The van der Waals surface area contributed by atoms with Crippen LogP contribution in [0, 0.1) is 33.6 Å². The van der Waals surface area contributed by atoms with Gasteiger partial charge < -0.3 is 9.80 Å². The van der Waals surface area contributed by atoms with Crippen LogP contribution in [0.4, 0.5) is 11.4 Å². The molecule has 0 bridgehead atoms. The van der Waals surface area contributed by atoms with Crippen molar-refractivity contribution in [1.82, 2.24) is 0 Å². The standard InChI is InChI=1S/C24H30N2/c1-15-7-8-19(12-16(15)2)25-11-9-20-22-6-5-10-26(22)23-14-18(4)17(3)13-21(23)24(20)25/h7-8,12-14,20,22,24H,5-6,9-11H2,1-4H3/t20-,22?,24-/m1/s1. The van der Waals surface area contributed by atoms with E-state index in [0.717, 1.165) is 12.0 Å². The van der Waals surface area contributed by atoms with Gasteiger partial charge in [-0.2, -0.15) is 0 Å². The number of hydrogen-bond donors (Lipinski definition) is 0. The predicted octanol–water partition coefficient (Wildman–Crippen LogP) is 5.47. The van der Waals surface area contributed by atoms with Gasteiger partial charge in [-0.3, -0.25) is 0 Å². The third kappa shape index (κ3) is 2.24. The molecule has 5 rings (SSSR count). The van der Waals surface area contributed by atoms with E-state index in [1.807, 2.05) is 0 Å². The Labute approximate surface area is 157 Å². The second-order valence-electron chi connectivity index (χ2n) is 8.76. The van der Waals surface area contributed by atoms with Crippen molar-refractivity contribution in [2.75, 3.05) is 22.9 Å². The van der Waals surface area contributed by atoms with E-state index in [4.69, 9.17) is 0 Å². The second-order valence-corrected chi connectivity index (χ2v) is 8.76. The molecule has 0 saturated carbocycles. The fourth-order valence-electron chi connectivity index (χ4n) is 5.66. The number of hydrogen-bond acceptors (Lipinski definition) is 2. The van der Waals surface area contributed by atoms with Crippen molar-refractivity contribution in [1.29, 1.82) is 0 Å². The van der Waals surface area contributed by atoms with Crippen molar-refractivity contribution in [3.63, 3.8) is 0 Å². The first-order chi connectivity index (χ1) is 12.5. The lowest BCUT2D eigenvalue weighted by molar-refractivity contribution is 0.373. The first-order valence-corrected chi connectivity index (χ1v) is 10.3. The lowest BCUT2D eigenvalue weighted by atomic mass is 9.80. The first kappa shape index (κ1) is 16.2. The van der Waals surface area contributed by atoms with Crippen LogP contribution in [0.1, 0.15) is 53.1 Å². The van der Waals surface area contributed by atoms with Gasteiger partial charge in [-0.1, -0.05) is 12.1 Å². The van der Waals surface area contributed by atoms with Crippen LogP contribution in [-0.4, -0.2) is 19.1 Å². The zero-order valence-corrected chi connectivity index (χ0v) is 16.5. The van der Waals surface area contributed by atoms with Gasteiger partial charge in [0.15, 0.2) is 0 Å². The molecule has 3 atom stereocenters. The van der Waals surface area contributed by atoms with E-state index in [9.17, 15) is 0 Å². The molecule has 0 N–H and O–H groups in total. The molecule has 2 saturated heterocycles. The second kappa shape index (κ2) is 5.77. The highest BCUT2D eigenvalue weighted by Gasteiger charge is 2.48. The summed E-state index contributed by atoms with van der Waals surface area (Å²) in [5.41, 5.74) is 10.2. The molecule has 0 spiro atoms. The van der Waals surface area contributed by atoms with Gasteiger partial charge in [0.25, 0.3) is 0 Å². The molecule has 2 aromatic rings. The van der Waals surface area contributed by atoms with E-state index in [1.165, 1.54) is 66.0 Å². The number of aryl methyl sites for hydroxylation is 4. The summed E-state index contributed by atoms with van der Waals surface area (Å²) in [5.74, 6) is 0.772. The van der Waals surface area contributed by atoms with Gasteiger partial charge in [-0.05, 0) is 93.0 Å². The maximum atomic E-state index is 2.74. The number of fused-ring (bicyclic) bond motifs is 6. The van der Waals surface area contributed by atoms with Crippen molar-refractivity contribution in [3.05, 3.63) is 58.1 Å². The van der Waals surface area contributed by atoms with E-state index in [1.54, 1.807) is 5.56 Å². The van der Waals surface area contributed by atoms with Crippen molar-refractivity contribution < 1.29 is 0 Å². The number of nitrogens with zero attached hydrogens (tertiary/aromatic N) is 2. The lowest BCUT2D eigenvalue weighted by Gasteiger charge is -2.44. The van der Waals surface area contributed by atoms with Gasteiger partial charge >= 0.3 is 0 Å². The Morgan fingerprint density at radius 3 is 2.35 bits per heavy atom. The van der Waals surface area contributed by atoms with Gasteiger partial charge in [-0.25, -0.2) is 0 Å². The molecular weight excluding hydrogens is 316 g/mol. The minimum atomic E-state index is 0.547. The molecular formula is C24H30N2. The highest BCUT2D eigenvalue weighted by Crippen LogP contribution is 2.53. The molecule has 136 valence electrons. The molecule has 0 amide bonds. The van der Waals surface area contributed by atoms with Crippen LogP contribution in [0.5, 0.6) is 0 Å². The average Bonchev–Trinajstić information content (AvgIpc) is 3.25. The van der Waals surface area contributed by atoms with Gasteiger partial charge in [0.1, 0.15) is 0 Å².